The van der Waals surface area contributed by atoms with Crippen LogP contribution in [0.5, 0.6) is 0 Å². The van der Waals surface area contributed by atoms with E-state index in [4.69, 9.17) is 0 Å². The minimum Gasteiger partial charge on any atom is -0.309 e. The van der Waals surface area contributed by atoms with Gasteiger partial charge in [0.05, 0.1) is 0 Å². The molecule has 0 bridgehead atoms. The standard InChI is InChI=1S/C5H13NS/c1-6(2)4-3-5-7/h7H,3-5H2,1-2H3. The van der Waals surface area contributed by atoms with Crippen LogP contribution in [0.4, 0.5) is 0 Å². The number of hydrogen-bond donors (Lipinski definition) is 1. The second-order valence-corrected chi connectivity index (χ2v) is 2.33. The van der Waals surface area contributed by atoms with Gasteiger partial charge in [-0.25, -0.2) is 0 Å². The van der Waals surface area contributed by atoms with Crippen molar-refractivity contribution in [2.45, 2.75) is 6.42 Å². The molecule has 0 saturated carbocycles. The van der Waals surface area contributed by atoms with Crippen molar-refractivity contribution >= 4 is 12.6 Å². The van der Waals surface area contributed by atoms with Crippen molar-refractivity contribution < 1.29 is 0 Å². The van der Waals surface area contributed by atoms with E-state index in [0.717, 1.165) is 12.3 Å². The lowest BCUT2D eigenvalue weighted by Gasteiger charge is -2.05. The van der Waals surface area contributed by atoms with Crippen LogP contribution in [-0.2, 0) is 0 Å². The van der Waals surface area contributed by atoms with E-state index in [2.05, 4.69) is 31.6 Å². The fourth-order valence-corrected chi connectivity index (χ4v) is 0.528. The highest BCUT2D eigenvalue weighted by atomic mass is 32.1. The van der Waals surface area contributed by atoms with E-state index in [1.807, 2.05) is 0 Å². The summed E-state index contributed by atoms with van der Waals surface area (Å²) in [6.45, 7) is 1.16. The Morgan fingerprint density at radius 3 is 2.14 bits per heavy atom. The van der Waals surface area contributed by atoms with E-state index < -0.39 is 0 Å². The SMILES string of the molecule is CN(C)CCCS. The monoisotopic (exact) mass is 119 g/mol. The Kier molecular flexibility index (Phi) is 4.67. The molecule has 0 amide bonds. The van der Waals surface area contributed by atoms with Gasteiger partial charge >= 0.3 is 0 Å². The van der Waals surface area contributed by atoms with Crippen LogP contribution in [-0.4, -0.2) is 31.3 Å². The highest BCUT2D eigenvalue weighted by molar-refractivity contribution is 7.80. The van der Waals surface area contributed by atoms with Gasteiger partial charge in [0, 0.05) is 0 Å². The fourth-order valence-electron chi connectivity index (χ4n) is 0.387. The molecule has 0 aliphatic carbocycles. The minimum atomic E-state index is 0.998. The maximum Gasteiger partial charge on any atom is -0.00171 e. The van der Waals surface area contributed by atoms with Gasteiger partial charge in [0.1, 0.15) is 0 Å². The van der Waals surface area contributed by atoms with Gasteiger partial charge in [-0.1, -0.05) is 0 Å². The van der Waals surface area contributed by atoms with Gasteiger partial charge in [-0.2, -0.15) is 12.6 Å². The molecule has 0 aromatic rings. The first-order valence-corrected chi connectivity index (χ1v) is 3.16. The zero-order chi connectivity index (χ0) is 5.70. The maximum absolute atomic E-state index is 4.07. The third-order valence-corrected chi connectivity index (χ3v) is 1.08. The Hall–Kier alpha value is 0.310. The second-order valence-electron chi connectivity index (χ2n) is 1.88. The first-order chi connectivity index (χ1) is 3.27. The molecule has 0 aromatic carbocycles. The molecule has 0 aliphatic rings. The highest BCUT2D eigenvalue weighted by Gasteiger charge is 1.84. The molecule has 0 N–H and O–H groups in total. The molecule has 0 aliphatic heterocycles. The van der Waals surface area contributed by atoms with Crippen LogP contribution < -0.4 is 0 Å². The van der Waals surface area contributed by atoms with Gasteiger partial charge in [0.15, 0.2) is 0 Å². The smallest absolute Gasteiger partial charge is 0.00171 e. The Balaban J connectivity index is 2.68. The van der Waals surface area contributed by atoms with E-state index in [-0.39, 0.29) is 0 Å². The Labute approximate surface area is 51.1 Å². The maximum atomic E-state index is 4.07. The summed E-state index contributed by atoms with van der Waals surface area (Å²) in [7, 11) is 4.15. The lowest BCUT2D eigenvalue weighted by molar-refractivity contribution is 0.410. The predicted octanol–water partition coefficient (Wildman–Crippen LogP) is 0.868. The Bertz CT molecular complexity index is 37.1. The number of hydrogen-bond acceptors (Lipinski definition) is 2. The molecule has 0 radical (unpaired) electrons. The van der Waals surface area contributed by atoms with Crippen LogP contribution >= 0.6 is 12.6 Å². The van der Waals surface area contributed by atoms with Crippen molar-refractivity contribution in [3.8, 4) is 0 Å². The summed E-state index contributed by atoms with van der Waals surface area (Å²) >= 11 is 4.07. The van der Waals surface area contributed by atoms with E-state index >= 15 is 0 Å². The summed E-state index contributed by atoms with van der Waals surface area (Å²) in [6, 6.07) is 0. The van der Waals surface area contributed by atoms with Crippen LogP contribution in [0.15, 0.2) is 0 Å². The number of thiol groups is 1. The quantitative estimate of drug-likeness (QED) is 0.539. The lowest BCUT2D eigenvalue weighted by atomic mass is 10.5. The van der Waals surface area contributed by atoms with E-state index in [1.54, 1.807) is 0 Å². The van der Waals surface area contributed by atoms with Crippen LogP contribution in [0, 0.1) is 0 Å². The molecule has 0 unspecified atom stereocenters. The lowest BCUT2D eigenvalue weighted by Crippen LogP contribution is -2.12. The van der Waals surface area contributed by atoms with E-state index in [9.17, 15) is 0 Å². The van der Waals surface area contributed by atoms with Gasteiger partial charge in [-0.15, -0.1) is 0 Å². The summed E-state index contributed by atoms with van der Waals surface area (Å²) in [6.07, 6.45) is 1.19. The van der Waals surface area contributed by atoms with Gasteiger partial charge in [0.2, 0.25) is 0 Å². The van der Waals surface area contributed by atoms with Crippen molar-refractivity contribution in [3.05, 3.63) is 0 Å². The van der Waals surface area contributed by atoms with Crippen molar-refractivity contribution in [1.29, 1.82) is 0 Å². The average molecular weight is 119 g/mol. The Morgan fingerprint density at radius 1 is 1.43 bits per heavy atom. The van der Waals surface area contributed by atoms with Gasteiger partial charge in [0.25, 0.3) is 0 Å². The zero-order valence-corrected chi connectivity index (χ0v) is 5.91. The molecule has 0 rings (SSSR count). The Morgan fingerprint density at radius 2 is 2.00 bits per heavy atom. The molecule has 1 nitrogen and oxygen atoms in total. The van der Waals surface area contributed by atoms with Gasteiger partial charge < -0.3 is 4.90 Å². The van der Waals surface area contributed by atoms with Gasteiger partial charge in [-0.05, 0) is 32.8 Å². The molecule has 0 heterocycles. The molecule has 0 aromatic heterocycles. The molecular weight excluding hydrogens is 106 g/mol. The normalized spacial score (nSPS) is 10.3. The first kappa shape index (κ1) is 7.31. The molecule has 44 valence electrons. The van der Waals surface area contributed by atoms with Crippen LogP contribution in [0.1, 0.15) is 6.42 Å². The molecule has 0 spiro atoms. The molecule has 0 saturated heterocycles. The molecule has 7 heavy (non-hydrogen) atoms. The summed E-state index contributed by atoms with van der Waals surface area (Å²) < 4.78 is 0. The zero-order valence-electron chi connectivity index (χ0n) is 5.02. The summed E-state index contributed by atoms with van der Waals surface area (Å²) in [5, 5.41) is 0. The summed E-state index contributed by atoms with van der Waals surface area (Å²) in [5.74, 6) is 0.998. The predicted molar refractivity (Wildman–Crippen MR) is 37.0 cm³/mol. The topological polar surface area (TPSA) is 3.24 Å². The summed E-state index contributed by atoms with van der Waals surface area (Å²) in [5.41, 5.74) is 0. The van der Waals surface area contributed by atoms with Crippen molar-refractivity contribution in [2.75, 3.05) is 26.4 Å². The van der Waals surface area contributed by atoms with Crippen LogP contribution in [0.25, 0.3) is 0 Å². The molecule has 0 fully saturated rings. The fraction of sp³-hybridized carbons (Fsp3) is 1.00. The number of nitrogens with zero attached hydrogens (tertiary/aromatic N) is 1. The summed E-state index contributed by atoms with van der Waals surface area (Å²) in [4.78, 5) is 2.16. The molecule has 2 heteroatoms. The van der Waals surface area contributed by atoms with Crippen molar-refractivity contribution in [3.63, 3.8) is 0 Å². The third kappa shape index (κ3) is 6.31. The van der Waals surface area contributed by atoms with Gasteiger partial charge in [-0.3, -0.25) is 0 Å². The highest BCUT2D eigenvalue weighted by Crippen LogP contribution is 1.84. The van der Waals surface area contributed by atoms with E-state index in [0.29, 0.717) is 0 Å². The van der Waals surface area contributed by atoms with Crippen LogP contribution in [0.3, 0.4) is 0 Å². The first-order valence-electron chi connectivity index (χ1n) is 2.53. The molecule has 0 atom stereocenters. The second kappa shape index (κ2) is 4.47. The largest absolute Gasteiger partial charge is 0.309 e. The van der Waals surface area contributed by atoms with E-state index in [1.165, 1.54) is 6.42 Å². The minimum absolute atomic E-state index is 0.998. The third-order valence-electron chi connectivity index (χ3n) is 0.763. The van der Waals surface area contributed by atoms with Crippen molar-refractivity contribution in [1.82, 2.24) is 4.90 Å². The van der Waals surface area contributed by atoms with Crippen molar-refractivity contribution in [2.24, 2.45) is 0 Å². The number of rotatable bonds is 3. The average Bonchev–Trinajstić information content (AvgIpc) is 1.61. The van der Waals surface area contributed by atoms with Crippen LogP contribution in [0.2, 0.25) is 0 Å². The molecular formula is C5H13NS.